The topological polar surface area (TPSA) is 72.7 Å². The highest BCUT2D eigenvalue weighted by Crippen LogP contribution is 2.17. The first-order chi connectivity index (χ1) is 11.6. The van der Waals surface area contributed by atoms with E-state index in [1.165, 1.54) is 7.11 Å². The largest absolute Gasteiger partial charge is 0.465 e. The second-order valence-corrected chi connectivity index (χ2v) is 5.21. The van der Waals surface area contributed by atoms with Crippen LogP contribution in [0.4, 0.5) is 5.69 Å². The fourth-order valence-electron chi connectivity index (χ4n) is 2.52. The van der Waals surface area contributed by atoms with Crippen molar-refractivity contribution in [1.29, 1.82) is 0 Å². The van der Waals surface area contributed by atoms with Crippen molar-refractivity contribution in [1.82, 2.24) is 9.38 Å². The van der Waals surface area contributed by atoms with Crippen molar-refractivity contribution < 1.29 is 14.3 Å². The minimum absolute atomic E-state index is 0.288. The molecule has 0 unspecified atom stereocenters. The van der Waals surface area contributed by atoms with Crippen LogP contribution >= 0.6 is 0 Å². The van der Waals surface area contributed by atoms with Crippen LogP contribution in [0.3, 0.4) is 0 Å². The smallest absolute Gasteiger partial charge is 0.337 e. The number of pyridine rings is 1. The third-order valence-corrected chi connectivity index (χ3v) is 3.72. The molecule has 0 saturated heterocycles. The molecule has 122 valence electrons. The Morgan fingerprint density at radius 1 is 1.17 bits per heavy atom. The van der Waals surface area contributed by atoms with Gasteiger partial charge in [0.15, 0.2) is 5.69 Å². The normalized spacial score (nSPS) is 10.6. The van der Waals surface area contributed by atoms with E-state index in [0.29, 0.717) is 16.9 Å². The molecule has 3 aromatic rings. The Morgan fingerprint density at radius 3 is 2.58 bits per heavy atom. The molecule has 0 atom stereocenters. The molecule has 6 heteroatoms. The third kappa shape index (κ3) is 2.86. The van der Waals surface area contributed by atoms with E-state index in [1.807, 2.05) is 35.7 Å². The van der Waals surface area contributed by atoms with Gasteiger partial charge >= 0.3 is 5.97 Å². The van der Waals surface area contributed by atoms with E-state index >= 15 is 0 Å². The van der Waals surface area contributed by atoms with Crippen molar-refractivity contribution in [3.05, 3.63) is 65.7 Å². The lowest BCUT2D eigenvalue weighted by atomic mass is 10.2. The first kappa shape index (κ1) is 15.7. The molecule has 0 fully saturated rings. The van der Waals surface area contributed by atoms with Gasteiger partial charge in [0.1, 0.15) is 5.82 Å². The van der Waals surface area contributed by atoms with E-state index < -0.39 is 5.97 Å². The second-order valence-electron chi connectivity index (χ2n) is 5.21. The van der Waals surface area contributed by atoms with Gasteiger partial charge in [0, 0.05) is 18.3 Å². The van der Waals surface area contributed by atoms with Gasteiger partial charge in [0.25, 0.3) is 5.91 Å². The molecule has 1 N–H and O–H groups in total. The Hall–Kier alpha value is -3.15. The number of carbonyl (C=O) groups excluding carboxylic acids is 2. The number of hydrogen-bond acceptors (Lipinski definition) is 4. The number of esters is 1. The number of imidazole rings is 1. The average molecular weight is 323 g/mol. The van der Waals surface area contributed by atoms with E-state index in [-0.39, 0.29) is 5.91 Å². The van der Waals surface area contributed by atoms with Crippen molar-refractivity contribution in [2.75, 3.05) is 12.4 Å². The Labute approximate surface area is 139 Å². The summed E-state index contributed by atoms with van der Waals surface area (Å²) < 4.78 is 6.56. The summed E-state index contributed by atoms with van der Waals surface area (Å²) in [6, 6.07) is 12.2. The van der Waals surface area contributed by atoms with Crippen LogP contribution in [0.15, 0.2) is 48.7 Å². The molecule has 0 bridgehead atoms. The van der Waals surface area contributed by atoms with Crippen molar-refractivity contribution in [3.63, 3.8) is 0 Å². The number of nitrogens with one attached hydrogen (secondary N) is 1. The maximum Gasteiger partial charge on any atom is 0.337 e. The zero-order valence-corrected chi connectivity index (χ0v) is 13.4. The van der Waals surface area contributed by atoms with Crippen molar-refractivity contribution in [2.45, 2.75) is 13.3 Å². The molecule has 2 aromatic heterocycles. The van der Waals surface area contributed by atoms with Gasteiger partial charge in [-0.3, -0.25) is 4.79 Å². The Morgan fingerprint density at radius 2 is 1.92 bits per heavy atom. The number of aryl methyl sites for hydroxylation is 1. The second kappa shape index (κ2) is 6.54. The first-order valence-corrected chi connectivity index (χ1v) is 7.59. The lowest BCUT2D eigenvalue weighted by molar-refractivity contribution is 0.0600. The molecular formula is C18H17N3O3. The lowest BCUT2D eigenvalue weighted by Gasteiger charge is -2.05. The summed E-state index contributed by atoms with van der Waals surface area (Å²) in [5.41, 5.74) is 2.15. The molecule has 2 heterocycles. The predicted octanol–water partition coefficient (Wildman–Crippen LogP) is 2.94. The van der Waals surface area contributed by atoms with E-state index in [4.69, 9.17) is 0 Å². The third-order valence-electron chi connectivity index (χ3n) is 3.72. The minimum atomic E-state index is -0.416. The number of methoxy groups -OCH3 is 1. The fraction of sp³-hybridized carbons (Fsp3) is 0.167. The molecule has 0 spiro atoms. The van der Waals surface area contributed by atoms with Crippen LogP contribution in [0, 0.1) is 0 Å². The van der Waals surface area contributed by atoms with Crippen LogP contribution in [0.1, 0.15) is 33.6 Å². The molecule has 24 heavy (non-hydrogen) atoms. The lowest BCUT2D eigenvalue weighted by Crippen LogP contribution is -2.13. The number of aromatic nitrogens is 2. The van der Waals surface area contributed by atoms with Gasteiger partial charge in [-0.2, -0.15) is 0 Å². The Balaban J connectivity index is 1.86. The quantitative estimate of drug-likeness (QED) is 0.749. The molecule has 0 radical (unpaired) electrons. The summed E-state index contributed by atoms with van der Waals surface area (Å²) in [5.74, 6) is 0.126. The molecule has 0 aliphatic carbocycles. The van der Waals surface area contributed by atoms with E-state index in [1.54, 1.807) is 24.3 Å². The number of anilines is 1. The van der Waals surface area contributed by atoms with Gasteiger partial charge in [-0.1, -0.05) is 13.0 Å². The average Bonchev–Trinajstić information content (AvgIpc) is 3.00. The summed E-state index contributed by atoms with van der Waals surface area (Å²) in [6.45, 7) is 2.00. The van der Waals surface area contributed by atoms with E-state index in [9.17, 15) is 9.59 Å². The number of fused-ring (bicyclic) bond motifs is 1. The van der Waals surface area contributed by atoms with Gasteiger partial charge in [-0.25, -0.2) is 9.78 Å². The number of amides is 1. The number of benzene rings is 1. The number of hydrogen-bond donors (Lipinski definition) is 1. The van der Waals surface area contributed by atoms with Gasteiger partial charge in [-0.05, 0) is 36.4 Å². The van der Waals surface area contributed by atoms with Gasteiger partial charge in [0.05, 0.1) is 18.2 Å². The number of ether oxygens (including phenoxy) is 1. The molecule has 0 saturated carbocycles. The van der Waals surface area contributed by atoms with Crippen molar-refractivity contribution in [3.8, 4) is 0 Å². The zero-order chi connectivity index (χ0) is 17.1. The number of nitrogens with zero attached hydrogens (tertiary/aromatic N) is 2. The molecule has 0 aliphatic heterocycles. The maximum atomic E-state index is 12.6. The highest BCUT2D eigenvalue weighted by Gasteiger charge is 2.16. The highest BCUT2D eigenvalue weighted by atomic mass is 16.5. The summed E-state index contributed by atoms with van der Waals surface area (Å²) in [5, 5.41) is 2.81. The highest BCUT2D eigenvalue weighted by molar-refractivity contribution is 6.07. The summed E-state index contributed by atoms with van der Waals surface area (Å²) >= 11 is 0. The number of carbonyl (C=O) groups is 2. The van der Waals surface area contributed by atoms with Crippen LogP contribution in [0.25, 0.3) is 5.52 Å². The molecule has 0 aliphatic rings. The SMILES string of the molecule is CCc1nc(C(=O)Nc2ccc(C(=O)OC)cc2)c2ccccn12. The molecule has 3 rings (SSSR count). The standard InChI is InChI=1S/C18H17N3O3/c1-3-15-20-16(14-6-4-5-11-21(14)15)17(22)19-13-9-7-12(8-10-13)18(23)24-2/h4-11H,3H2,1-2H3,(H,19,22). The first-order valence-electron chi connectivity index (χ1n) is 7.59. The minimum Gasteiger partial charge on any atom is -0.465 e. The molecule has 1 amide bonds. The summed E-state index contributed by atoms with van der Waals surface area (Å²) in [7, 11) is 1.33. The van der Waals surface area contributed by atoms with Crippen LogP contribution < -0.4 is 5.32 Å². The van der Waals surface area contributed by atoms with Crippen LogP contribution in [0.2, 0.25) is 0 Å². The number of rotatable bonds is 4. The van der Waals surface area contributed by atoms with E-state index in [0.717, 1.165) is 17.8 Å². The van der Waals surface area contributed by atoms with Crippen molar-refractivity contribution in [2.24, 2.45) is 0 Å². The molecule has 1 aromatic carbocycles. The van der Waals surface area contributed by atoms with Crippen molar-refractivity contribution >= 4 is 23.1 Å². The summed E-state index contributed by atoms with van der Waals surface area (Å²) in [4.78, 5) is 28.4. The Kier molecular flexibility index (Phi) is 4.29. The summed E-state index contributed by atoms with van der Waals surface area (Å²) in [6.07, 6.45) is 2.62. The molecular weight excluding hydrogens is 306 g/mol. The van der Waals surface area contributed by atoms with Gasteiger partial charge < -0.3 is 14.5 Å². The van der Waals surface area contributed by atoms with Gasteiger partial charge in [0.2, 0.25) is 0 Å². The maximum absolute atomic E-state index is 12.6. The van der Waals surface area contributed by atoms with Crippen LogP contribution in [-0.2, 0) is 11.2 Å². The Bertz CT molecular complexity index is 898. The zero-order valence-electron chi connectivity index (χ0n) is 13.4. The predicted molar refractivity (Wildman–Crippen MR) is 90.3 cm³/mol. The van der Waals surface area contributed by atoms with Crippen LogP contribution in [-0.4, -0.2) is 28.4 Å². The fourth-order valence-corrected chi connectivity index (χ4v) is 2.52. The monoisotopic (exact) mass is 323 g/mol. The van der Waals surface area contributed by atoms with Gasteiger partial charge in [-0.15, -0.1) is 0 Å². The van der Waals surface area contributed by atoms with Crippen LogP contribution in [0.5, 0.6) is 0 Å². The van der Waals surface area contributed by atoms with E-state index in [2.05, 4.69) is 15.0 Å². The molecule has 6 nitrogen and oxygen atoms in total.